The molecule has 2 aromatic heterocycles. The van der Waals surface area contributed by atoms with Crippen molar-refractivity contribution in [3.8, 4) is 0 Å². The fraction of sp³-hybridized carbons (Fsp3) is 0. The largest absolute Gasteiger partial charge is 0.454 e. The SMILES string of the molecule is [B]c1cccc2oc3cc(Cl)cnc3c12. The first-order chi connectivity index (χ1) is 7.25. The van der Waals surface area contributed by atoms with E-state index in [-0.39, 0.29) is 0 Å². The summed E-state index contributed by atoms with van der Waals surface area (Å²) in [5.74, 6) is 0. The number of hydrogen-bond acceptors (Lipinski definition) is 2. The van der Waals surface area contributed by atoms with Crippen LogP contribution >= 0.6 is 11.6 Å². The van der Waals surface area contributed by atoms with Gasteiger partial charge in [0.15, 0.2) is 5.58 Å². The fourth-order valence-electron chi connectivity index (χ4n) is 1.69. The molecule has 2 nitrogen and oxygen atoms in total. The molecule has 2 radical (unpaired) electrons. The summed E-state index contributed by atoms with van der Waals surface area (Å²) in [6, 6.07) is 7.28. The van der Waals surface area contributed by atoms with Crippen molar-refractivity contribution in [2.24, 2.45) is 0 Å². The molecule has 15 heavy (non-hydrogen) atoms. The molecule has 0 N–H and O–H groups in total. The molecule has 0 unspecified atom stereocenters. The first kappa shape index (κ1) is 8.80. The summed E-state index contributed by atoms with van der Waals surface area (Å²) in [7, 11) is 5.87. The van der Waals surface area contributed by atoms with Crippen LogP contribution in [-0.2, 0) is 0 Å². The third-order valence-electron chi connectivity index (χ3n) is 2.33. The summed E-state index contributed by atoms with van der Waals surface area (Å²) < 4.78 is 5.59. The molecule has 0 aliphatic rings. The van der Waals surface area contributed by atoms with Gasteiger partial charge in [0.1, 0.15) is 18.9 Å². The zero-order chi connectivity index (χ0) is 10.4. The molecule has 4 heteroatoms. The van der Waals surface area contributed by atoms with Gasteiger partial charge in [-0.2, -0.15) is 0 Å². The van der Waals surface area contributed by atoms with Gasteiger partial charge < -0.3 is 4.42 Å². The van der Waals surface area contributed by atoms with Crippen molar-refractivity contribution >= 4 is 47.0 Å². The Kier molecular flexibility index (Phi) is 1.76. The predicted molar refractivity (Wildman–Crippen MR) is 61.9 cm³/mol. The molecule has 3 rings (SSSR count). The van der Waals surface area contributed by atoms with Gasteiger partial charge in [0.05, 0.1) is 5.02 Å². The second-order valence-corrected chi connectivity index (χ2v) is 3.76. The zero-order valence-electron chi connectivity index (χ0n) is 7.70. The Balaban J connectivity index is 2.59. The summed E-state index contributed by atoms with van der Waals surface area (Å²) in [6.45, 7) is 0. The summed E-state index contributed by atoms with van der Waals surface area (Å²) in [5, 5.41) is 1.41. The van der Waals surface area contributed by atoms with Gasteiger partial charge in [-0.25, -0.2) is 0 Å². The van der Waals surface area contributed by atoms with E-state index >= 15 is 0 Å². The fourth-order valence-corrected chi connectivity index (χ4v) is 1.84. The highest BCUT2D eigenvalue weighted by Crippen LogP contribution is 2.26. The van der Waals surface area contributed by atoms with E-state index in [1.54, 1.807) is 12.3 Å². The number of nitrogens with zero attached hydrogens (tertiary/aromatic N) is 1. The monoisotopic (exact) mass is 213 g/mol. The number of halogens is 1. The van der Waals surface area contributed by atoms with E-state index in [9.17, 15) is 0 Å². The molecular weight excluding hydrogens is 208 g/mol. The van der Waals surface area contributed by atoms with Crippen LogP contribution in [0.1, 0.15) is 0 Å². The molecule has 0 fully saturated rings. The standard InChI is InChI=1S/C11H5BClNO/c12-7-2-1-3-8-10(7)11-9(15-8)4-6(13)5-14-11/h1-5H. The van der Waals surface area contributed by atoms with Gasteiger partial charge >= 0.3 is 0 Å². The highest BCUT2D eigenvalue weighted by molar-refractivity contribution is 6.41. The van der Waals surface area contributed by atoms with Crippen molar-refractivity contribution in [2.75, 3.05) is 0 Å². The lowest BCUT2D eigenvalue weighted by molar-refractivity contribution is 0.668. The lowest BCUT2D eigenvalue weighted by Gasteiger charge is -1.93. The molecule has 0 saturated heterocycles. The minimum absolute atomic E-state index is 0.556. The van der Waals surface area contributed by atoms with Crippen molar-refractivity contribution in [2.45, 2.75) is 0 Å². The number of fused-ring (bicyclic) bond motifs is 3. The van der Waals surface area contributed by atoms with Crippen LogP contribution in [0, 0.1) is 0 Å². The van der Waals surface area contributed by atoms with E-state index in [0.717, 1.165) is 16.5 Å². The number of aromatic nitrogens is 1. The second-order valence-electron chi connectivity index (χ2n) is 3.32. The van der Waals surface area contributed by atoms with Crippen LogP contribution < -0.4 is 5.46 Å². The van der Waals surface area contributed by atoms with Gasteiger partial charge in [-0.05, 0) is 6.07 Å². The maximum atomic E-state index is 5.87. The lowest BCUT2D eigenvalue weighted by atomic mass is 9.92. The topological polar surface area (TPSA) is 26.0 Å². The Hall–Kier alpha value is -1.48. The van der Waals surface area contributed by atoms with E-state index in [1.807, 2.05) is 18.2 Å². The van der Waals surface area contributed by atoms with Crippen LogP contribution in [0.25, 0.3) is 22.1 Å². The Morgan fingerprint density at radius 3 is 3.00 bits per heavy atom. The molecule has 70 valence electrons. The molecule has 0 bridgehead atoms. The Bertz CT molecular complexity index is 662. The molecule has 0 aliphatic carbocycles. The van der Waals surface area contributed by atoms with E-state index < -0.39 is 0 Å². The van der Waals surface area contributed by atoms with Crippen LogP contribution in [-0.4, -0.2) is 12.8 Å². The molecule has 0 aliphatic heterocycles. The lowest BCUT2D eigenvalue weighted by Crippen LogP contribution is -2.01. The number of pyridine rings is 1. The summed E-state index contributed by atoms with van der Waals surface area (Å²) in [4.78, 5) is 4.22. The summed E-state index contributed by atoms with van der Waals surface area (Å²) >= 11 is 5.83. The van der Waals surface area contributed by atoms with Gasteiger partial charge in [-0.15, -0.1) is 0 Å². The number of benzene rings is 1. The third-order valence-corrected chi connectivity index (χ3v) is 2.54. The first-order valence-corrected chi connectivity index (χ1v) is 4.86. The van der Waals surface area contributed by atoms with E-state index in [2.05, 4.69) is 4.98 Å². The zero-order valence-corrected chi connectivity index (χ0v) is 8.45. The molecule has 0 amide bonds. The molecule has 2 heterocycles. The molecule has 0 saturated carbocycles. The van der Waals surface area contributed by atoms with Crippen LogP contribution in [0.5, 0.6) is 0 Å². The normalized spacial score (nSPS) is 11.3. The van der Waals surface area contributed by atoms with E-state index in [4.69, 9.17) is 23.9 Å². The predicted octanol–water partition coefficient (Wildman–Crippen LogP) is 2.43. The summed E-state index contributed by atoms with van der Waals surface area (Å²) in [5.41, 5.74) is 2.82. The molecule has 0 spiro atoms. The van der Waals surface area contributed by atoms with Crippen molar-refractivity contribution in [3.63, 3.8) is 0 Å². The maximum absolute atomic E-state index is 5.87. The Morgan fingerprint density at radius 2 is 2.13 bits per heavy atom. The summed E-state index contributed by atoms with van der Waals surface area (Å²) in [6.07, 6.45) is 1.59. The van der Waals surface area contributed by atoms with E-state index in [0.29, 0.717) is 16.1 Å². The average molecular weight is 213 g/mol. The smallest absolute Gasteiger partial charge is 0.155 e. The quantitative estimate of drug-likeness (QED) is 0.536. The third kappa shape index (κ3) is 1.23. The molecule has 1 aromatic carbocycles. The number of furan rings is 1. The van der Waals surface area contributed by atoms with Crippen LogP contribution in [0.15, 0.2) is 34.9 Å². The van der Waals surface area contributed by atoms with Crippen molar-refractivity contribution < 1.29 is 4.42 Å². The van der Waals surface area contributed by atoms with Crippen LogP contribution in [0.3, 0.4) is 0 Å². The van der Waals surface area contributed by atoms with Crippen molar-refractivity contribution in [3.05, 3.63) is 35.5 Å². The van der Waals surface area contributed by atoms with Gasteiger partial charge in [0.25, 0.3) is 0 Å². The highest BCUT2D eigenvalue weighted by atomic mass is 35.5. The Morgan fingerprint density at radius 1 is 1.27 bits per heavy atom. The van der Waals surface area contributed by atoms with Gasteiger partial charge in [-0.1, -0.05) is 29.2 Å². The first-order valence-electron chi connectivity index (χ1n) is 4.48. The van der Waals surface area contributed by atoms with Gasteiger partial charge in [0.2, 0.25) is 0 Å². The second kappa shape index (κ2) is 3.01. The van der Waals surface area contributed by atoms with Gasteiger partial charge in [0, 0.05) is 17.6 Å². The number of rotatable bonds is 0. The average Bonchev–Trinajstić information content (AvgIpc) is 2.56. The van der Waals surface area contributed by atoms with E-state index in [1.165, 1.54) is 0 Å². The van der Waals surface area contributed by atoms with Gasteiger partial charge in [-0.3, -0.25) is 4.98 Å². The van der Waals surface area contributed by atoms with Crippen LogP contribution in [0.2, 0.25) is 5.02 Å². The molecule has 0 atom stereocenters. The Labute approximate surface area is 92.3 Å². The minimum atomic E-state index is 0.556. The van der Waals surface area contributed by atoms with Crippen molar-refractivity contribution in [1.82, 2.24) is 4.98 Å². The van der Waals surface area contributed by atoms with Crippen molar-refractivity contribution in [1.29, 1.82) is 0 Å². The number of hydrogen-bond donors (Lipinski definition) is 0. The highest BCUT2D eigenvalue weighted by Gasteiger charge is 2.09. The molecule has 3 aromatic rings. The van der Waals surface area contributed by atoms with Crippen LogP contribution in [0.4, 0.5) is 0 Å². The maximum Gasteiger partial charge on any atom is 0.155 e. The molecular formula is C11H5BClNO. The minimum Gasteiger partial charge on any atom is -0.454 e.